The lowest BCUT2D eigenvalue weighted by Gasteiger charge is -2.48. The van der Waals surface area contributed by atoms with Gasteiger partial charge in [-0.1, -0.05) is 25.1 Å². The Hall–Kier alpha value is -2.91. The topological polar surface area (TPSA) is 93.8 Å². The molecule has 5 rings (SSSR count). The number of carbonyl (C=O) groups excluding carboxylic acids is 2. The number of aryl methyl sites for hydroxylation is 1. The Kier molecular flexibility index (Phi) is 7.51. The Morgan fingerprint density at radius 3 is 2.61 bits per heavy atom. The van der Waals surface area contributed by atoms with Crippen molar-refractivity contribution in [2.45, 2.75) is 78.0 Å². The number of ether oxygens (including phenoxy) is 1. The van der Waals surface area contributed by atoms with Gasteiger partial charge in [0.25, 0.3) is 5.91 Å². The van der Waals surface area contributed by atoms with E-state index in [0.717, 1.165) is 62.4 Å². The van der Waals surface area contributed by atoms with Gasteiger partial charge in [-0.25, -0.2) is 4.79 Å². The zero-order valence-corrected chi connectivity index (χ0v) is 23.4. The number of piperazine rings is 1. The Morgan fingerprint density at radius 1 is 1.16 bits per heavy atom. The molecule has 2 aromatic rings. The molecule has 3 aliphatic heterocycles. The summed E-state index contributed by atoms with van der Waals surface area (Å²) in [4.78, 5) is 33.7. The number of fused-ring (bicyclic) bond motifs is 1. The molecule has 0 bridgehead atoms. The lowest BCUT2D eigenvalue weighted by Crippen LogP contribution is -2.62. The van der Waals surface area contributed by atoms with Crippen molar-refractivity contribution in [3.63, 3.8) is 0 Å². The Balaban J connectivity index is 1.30. The fraction of sp³-hybridized carbons (Fsp3) is 0.621. The van der Waals surface area contributed by atoms with Crippen LogP contribution in [0, 0.1) is 12.8 Å². The number of urea groups is 1. The maximum absolute atomic E-state index is 14.1. The van der Waals surface area contributed by atoms with Crippen molar-refractivity contribution in [3.05, 3.63) is 46.6 Å². The highest BCUT2D eigenvalue weighted by Crippen LogP contribution is 2.44. The first-order chi connectivity index (χ1) is 18.2. The van der Waals surface area contributed by atoms with Gasteiger partial charge >= 0.3 is 6.03 Å². The molecule has 2 saturated heterocycles. The van der Waals surface area contributed by atoms with Crippen molar-refractivity contribution in [2.75, 3.05) is 38.2 Å². The number of hydrogen-bond acceptors (Lipinski definition) is 5. The SMILES string of the molecule is CCC1(C)c2[nH]nc(NC(=O)c3ccccc3C)c2CN1C(=O)N1CC(C)N(CC2CCOCC2)C[C@@H]1C. The fourth-order valence-corrected chi connectivity index (χ4v) is 6.32. The van der Waals surface area contributed by atoms with E-state index in [1.807, 2.05) is 41.0 Å². The third-order valence-electron chi connectivity index (χ3n) is 9.05. The minimum atomic E-state index is -0.521. The molecule has 0 radical (unpaired) electrons. The van der Waals surface area contributed by atoms with Crippen LogP contribution in [0.3, 0.4) is 0 Å². The van der Waals surface area contributed by atoms with Crippen LogP contribution in [0.5, 0.6) is 0 Å². The van der Waals surface area contributed by atoms with E-state index in [2.05, 4.69) is 48.1 Å². The number of carbonyl (C=O) groups is 2. The largest absolute Gasteiger partial charge is 0.381 e. The average molecular weight is 523 g/mol. The highest BCUT2D eigenvalue weighted by atomic mass is 16.5. The monoisotopic (exact) mass is 522 g/mol. The van der Waals surface area contributed by atoms with E-state index in [1.54, 1.807) is 0 Å². The molecule has 0 spiro atoms. The highest BCUT2D eigenvalue weighted by Gasteiger charge is 2.48. The summed E-state index contributed by atoms with van der Waals surface area (Å²) in [6.45, 7) is 15.3. The molecule has 3 amide bonds. The second-order valence-electron chi connectivity index (χ2n) is 11.6. The first-order valence-electron chi connectivity index (χ1n) is 14.1. The zero-order valence-electron chi connectivity index (χ0n) is 23.4. The van der Waals surface area contributed by atoms with Crippen LogP contribution in [0.4, 0.5) is 10.6 Å². The van der Waals surface area contributed by atoms with Gasteiger partial charge in [-0.15, -0.1) is 0 Å². The number of aromatic amines is 1. The van der Waals surface area contributed by atoms with Gasteiger partial charge in [-0.05, 0) is 64.5 Å². The molecule has 38 heavy (non-hydrogen) atoms. The number of rotatable bonds is 5. The maximum Gasteiger partial charge on any atom is 0.321 e. The van der Waals surface area contributed by atoms with Gasteiger partial charge in [0, 0.05) is 56.1 Å². The lowest BCUT2D eigenvalue weighted by atomic mass is 9.94. The van der Waals surface area contributed by atoms with Gasteiger partial charge in [0.15, 0.2) is 5.82 Å². The van der Waals surface area contributed by atoms with Gasteiger partial charge in [0.2, 0.25) is 0 Å². The number of nitrogens with zero attached hydrogens (tertiary/aromatic N) is 4. The molecule has 0 saturated carbocycles. The summed E-state index contributed by atoms with van der Waals surface area (Å²) in [7, 11) is 0. The molecule has 4 heterocycles. The minimum Gasteiger partial charge on any atom is -0.381 e. The predicted molar refractivity (Wildman–Crippen MR) is 147 cm³/mol. The van der Waals surface area contributed by atoms with Crippen molar-refractivity contribution in [3.8, 4) is 0 Å². The molecule has 3 atom stereocenters. The first-order valence-corrected chi connectivity index (χ1v) is 14.1. The van der Waals surface area contributed by atoms with Crippen LogP contribution in [-0.2, 0) is 16.8 Å². The number of H-pyrrole nitrogens is 1. The van der Waals surface area contributed by atoms with Crippen molar-refractivity contribution in [1.29, 1.82) is 0 Å². The molecule has 2 fully saturated rings. The fourth-order valence-electron chi connectivity index (χ4n) is 6.32. The third-order valence-corrected chi connectivity index (χ3v) is 9.05. The standard InChI is InChI=1S/C29H42N6O3/c1-6-29(5)25-24(26(32-31-25)30-27(36)23-10-8-7-9-19(23)2)18-35(29)28(37)34-16-20(3)33(15-21(34)4)17-22-11-13-38-14-12-22/h7-10,20-22H,6,11-18H2,1-5H3,(H2,30,31,32,36)/t20?,21-,29?/m0/s1. The van der Waals surface area contributed by atoms with Crippen molar-refractivity contribution in [1.82, 2.24) is 24.9 Å². The Labute approximate surface area is 225 Å². The summed E-state index contributed by atoms with van der Waals surface area (Å²) >= 11 is 0. The molecule has 9 nitrogen and oxygen atoms in total. The number of amides is 3. The van der Waals surface area contributed by atoms with E-state index in [9.17, 15) is 9.59 Å². The number of benzene rings is 1. The molecule has 1 aromatic carbocycles. The molecule has 206 valence electrons. The van der Waals surface area contributed by atoms with Crippen molar-refractivity contribution in [2.24, 2.45) is 5.92 Å². The minimum absolute atomic E-state index is 0.0557. The van der Waals surface area contributed by atoms with E-state index < -0.39 is 5.54 Å². The van der Waals surface area contributed by atoms with Gasteiger partial charge in [0.05, 0.1) is 17.8 Å². The van der Waals surface area contributed by atoms with Crippen molar-refractivity contribution < 1.29 is 14.3 Å². The quantitative estimate of drug-likeness (QED) is 0.609. The van der Waals surface area contributed by atoms with Crippen LogP contribution in [-0.4, -0.2) is 81.8 Å². The Bertz CT molecular complexity index is 1170. The van der Waals surface area contributed by atoms with Crippen LogP contribution in [0.1, 0.15) is 74.1 Å². The van der Waals surface area contributed by atoms with E-state index in [0.29, 0.717) is 36.4 Å². The third kappa shape index (κ3) is 4.82. The smallest absolute Gasteiger partial charge is 0.321 e. The first kappa shape index (κ1) is 26.7. The molecule has 0 aliphatic carbocycles. The van der Waals surface area contributed by atoms with Gasteiger partial charge in [0.1, 0.15) is 0 Å². The number of aromatic nitrogens is 2. The lowest BCUT2D eigenvalue weighted by molar-refractivity contribution is 0.00733. The second-order valence-corrected chi connectivity index (χ2v) is 11.6. The normalized spacial score (nSPS) is 26.4. The summed E-state index contributed by atoms with van der Waals surface area (Å²) in [5.74, 6) is 0.989. The highest BCUT2D eigenvalue weighted by molar-refractivity contribution is 6.05. The number of hydrogen-bond donors (Lipinski definition) is 2. The maximum atomic E-state index is 14.1. The predicted octanol–water partition coefficient (Wildman–Crippen LogP) is 4.35. The van der Waals surface area contributed by atoms with Crippen molar-refractivity contribution >= 4 is 17.8 Å². The van der Waals surface area contributed by atoms with Crippen LogP contribution in [0.2, 0.25) is 0 Å². The number of nitrogens with one attached hydrogen (secondary N) is 2. The average Bonchev–Trinajstić information content (AvgIpc) is 3.44. The van der Waals surface area contributed by atoms with E-state index in [4.69, 9.17) is 4.74 Å². The summed E-state index contributed by atoms with van der Waals surface area (Å²) in [6, 6.07) is 7.99. The van der Waals surface area contributed by atoms with Crippen LogP contribution in [0.25, 0.3) is 0 Å². The van der Waals surface area contributed by atoms with Gasteiger partial charge < -0.3 is 19.9 Å². The Morgan fingerprint density at radius 2 is 1.89 bits per heavy atom. The van der Waals surface area contributed by atoms with Crippen LogP contribution < -0.4 is 5.32 Å². The molecular formula is C29H42N6O3. The summed E-state index contributed by atoms with van der Waals surface area (Å²) < 4.78 is 5.54. The van der Waals surface area contributed by atoms with Crippen LogP contribution >= 0.6 is 0 Å². The molecule has 1 aromatic heterocycles. The molecule has 2 unspecified atom stereocenters. The number of anilines is 1. The van der Waals surface area contributed by atoms with E-state index in [1.165, 1.54) is 0 Å². The molecular weight excluding hydrogens is 480 g/mol. The van der Waals surface area contributed by atoms with Gasteiger partial charge in [-0.2, -0.15) is 5.10 Å². The van der Waals surface area contributed by atoms with E-state index >= 15 is 0 Å². The molecule has 3 aliphatic rings. The van der Waals surface area contributed by atoms with E-state index in [-0.39, 0.29) is 18.0 Å². The van der Waals surface area contributed by atoms with Gasteiger partial charge in [-0.3, -0.25) is 14.8 Å². The summed E-state index contributed by atoms with van der Waals surface area (Å²) in [6.07, 6.45) is 2.99. The summed E-state index contributed by atoms with van der Waals surface area (Å²) in [5, 5.41) is 10.6. The van der Waals surface area contributed by atoms with Crippen LogP contribution in [0.15, 0.2) is 24.3 Å². The zero-order chi connectivity index (χ0) is 27.0. The summed E-state index contributed by atoms with van der Waals surface area (Å²) in [5.41, 5.74) is 2.81. The second kappa shape index (κ2) is 10.7. The molecule has 9 heteroatoms. The molecule has 2 N–H and O–H groups in total.